The highest BCUT2D eigenvalue weighted by atomic mass is 16.5. The lowest BCUT2D eigenvalue weighted by molar-refractivity contribution is -0.162. The van der Waals surface area contributed by atoms with Gasteiger partial charge in [0.1, 0.15) is 5.41 Å². The number of ether oxygens (including phenoxy) is 1. The molecule has 0 spiro atoms. The molecule has 0 aliphatic heterocycles. The first-order valence-corrected chi connectivity index (χ1v) is 11.0. The van der Waals surface area contributed by atoms with Gasteiger partial charge in [-0.3, -0.25) is 9.59 Å². The Kier molecular flexibility index (Phi) is 8.74. The lowest BCUT2D eigenvalue weighted by Gasteiger charge is -2.37. The van der Waals surface area contributed by atoms with E-state index in [1.54, 1.807) is 6.92 Å². The Morgan fingerprint density at radius 1 is 1.07 bits per heavy atom. The number of hydrogen-bond donors (Lipinski definition) is 2. The highest BCUT2D eigenvalue weighted by molar-refractivity contribution is 6.05. The van der Waals surface area contributed by atoms with Gasteiger partial charge >= 0.3 is 5.97 Å². The molecule has 2 saturated carbocycles. The van der Waals surface area contributed by atoms with Gasteiger partial charge in [-0.15, -0.1) is 0 Å². The maximum absolute atomic E-state index is 13.8. The monoisotopic (exact) mass is 382 g/mol. The van der Waals surface area contributed by atoms with Gasteiger partial charge in [0, 0.05) is 18.4 Å². The smallest absolute Gasteiger partial charge is 0.319 e. The summed E-state index contributed by atoms with van der Waals surface area (Å²) in [6.07, 6.45) is 8.73. The van der Waals surface area contributed by atoms with Crippen molar-refractivity contribution in [2.75, 3.05) is 13.2 Å². The van der Waals surface area contributed by atoms with Crippen molar-refractivity contribution < 1.29 is 24.5 Å². The molecule has 2 aliphatic rings. The summed E-state index contributed by atoms with van der Waals surface area (Å²) in [5.41, 5.74) is -1.00. The molecule has 3 unspecified atom stereocenters. The van der Waals surface area contributed by atoms with E-state index in [1.807, 2.05) is 6.92 Å². The van der Waals surface area contributed by atoms with Gasteiger partial charge in [-0.2, -0.15) is 0 Å². The van der Waals surface area contributed by atoms with Crippen molar-refractivity contribution in [1.29, 1.82) is 0 Å². The lowest BCUT2D eigenvalue weighted by Crippen LogP contribution is -2.45. The number of esters is 1. The summed E-state index contributed by atoms with van der Waals surface area (Å²) in [6, 6.07) is 0. The van der Waals surface area contributed by atoms with Crippen LogP contribution in [0.15, 0.2) is 0 Å². The van der Waals surface area contributed by atoms with Gasteiger partial charge in [0.2, 0.25) is 0 Å². The van der Waals surface area contributed by atoms with Gasteiger partial charge in [0.25, 0.3) is 0 Å². The third kappa shape index (κ3) is 5.11. The minimum Gasteiger partial charge on any atom is -0.465 e. The Hall–Kier alpha value is -0.940. The van der Waals surface area contributed by atoms with Crippen LogP contribution in [0.2, 0.25) is 0 Å². The number of hydrogen-bond acceptors (Lipinski definition) is 5. The van der Waals surface area contributed by atoms with Gasteiger partial charge in [0.15, 0.2) is 5.78 Å². The molecule has 2 aliphatic carbocycles. The van der Waals surface area contributed by atoms with E-state index in [-0.39, 0.29) is 42.7 Å². The van der Waals surface area contributed by atoms with E-state index in [0.29, 0.717) is 25.7 Å². The average Bonchev–Trinajstić information content (AvgIpc) is 3.20. The standard InChI is InChI=1S/C22H38O5/c1-3-19(24)17(15-23)14-18(16-10-6-5-7-11-16)20(25)22(12-8-9-13-22)21(26)27-4-2/h16-19,23-24H,3-15H2,1-2H3. The number of aliphatic hydroxyl groups excluding tert-OH is 2. The number of aliphatic hydroxyl groups is 2. The van der Waals surface area contributed by atoms with Crippen LogP contribution in [-0.4, -0.2) is 41.3 Å². The van der Waals surface area contributed by atoms with Crippen LogP contribution >= 0.6 is 0 Å². The predicted molar refractivity (Wildman–Crippen MR) is 104 cm³/mol. The minimum atomic E-state index is -1.00. The number of carbonyl (C=O) groups is 2. The summed E-state index contributed by atoms with van der Waals surface area (Å²) >= 11 is 0. The van der Waals surface area contributed by atoms with Crippen LogP contribution in [0.25, 0.3) is 0 Å². The van der Waals surface area contributed by atoms with Crippen molar-refractivity contribution in [2.24, 2.45) is 23.2 Å². The Morgan fingerprint density at radius 2 is 1.70 bits per heavy atom. The predicted octanol–water partition coefficient (Wildman–Crippen LogP) is 3.65. The van der Waals surface area contributed by atoms with Crippen molar-refractivity contribution in [3.8, 4) is 0 Å². The van der Waals surface area contributed by atoms with Gasteiger partial charge in [-0.1, -0.05) is 39.0 Å². The second kappa shape index (κ2) is 10.6. The first kappa shape index (κ1) is 22.4. The van der Waals surface area contributed by atoms with E-state index in [2.05, 4.69) is 0 Å². The second-order valence-corrected chi connectivity index (χ2v) is 8.53. The van der Waals surface area contributed by atoms with E-state index in [1.165, 1.54) is 6.42 Å². The largest absolute Gasteiger partial charge is 0.465 e. The van der Waals surface area contributed by atoms with Gasteiger partial charge in [-0.25, -0.2) is 0 Å². The molecule has 0 aromatic heterocycles. The summed E-state index contributed by atoms with van der Waals surface area (Å²) in [5.74, 6) is -0.675. The fourth-order valence-corrected chi connectivity index (χ4v) is 5.22. The fourth-order valence-electron chi connectivity index (χ4n) is 5.22. The topological polar surface area (TPSA) is 83.8 Å². The summed E-state index contributed by atoms with van der Waals surface area (Å²) in [7, 11) is 0. The van der Waals surface area contributed by atoms with Crippen LogP contribution in [0, 0.1) is 23.2 Å². The third-order valence-corrected chi connectivity index (χ3v) is 6.90. The van der Waals surface area contributed by atoms with Gasteiger partial charge in [0.05, 0.1) is 12.7 Å². The molecular weight excluding hydrogens is 344 g/mol. The molecule has 0 radical (unpaired) electrons. The number of ketones is 1. The average molecular weight is 383 g/mol. The molecule has 2 N–H and O–H groups in total. The van der Waals surface area contributed by atoms with E-state index < -0.39 is 11.5 Å². The summed E-state index contributed by atoms with van der Waals surface area (Å²) < 4.78 is 5.33. The number of Topliss-reactive ketones (excluding diaryl/α,β-unsaturated/α-hetero) is 1. The first-order valence-electron chi connectivity index (χ1n) is 11.0. The molecule has 5 nitrogen and oxygen atoms in total. The van der Waals surface area contributed by atoms with Crippen LogP contribution in [0.3, 0.4) is 0 Å². The van der Waals surface area contributed by atoms with Crippen LogP contribution in [-0.2, 0) is 14.3 Å². The van der Waals surface area contributed by atoms with Crippen molar-refractivity contribution in [3.05, 3.63) is 0 Å². The zero-order valence-corrected chi connectivity index (χ0v) is 17.1. The molecule has 0 bridgehead atoms. The highest BCUT2D eigenvalue weighted by Gasteiger charge is 2.52. The van der Waals surface area contributed by atoms with Crippen LogP contribution in [0.5, 0.6) is 0 Å². The summed E-state index contributed by atoms with van der Waals surface area (Å²) in [6.45, 7) is 3.83. The molecular formula is C22H38O5. The minimum absolute atomic E-state index is 0.0205. The van der Waals surface area contributed by atoms with Crippen LogP contribution < -0.4 is 0 Å². The highest BCUT2D eigenvalue weighted by Crippen LogP contribution is 2.46. The van der Waals surface area contributed by atoms with Gasteiger partial charge in [-0.05, 0) is 51.4 Å². The van der Waals surface area contributed by atoms with E-state index in [4.69, 9.17) is 4.74 Å². The molecule has 0 heterocycles. The molecule has 2 fully saturated rings. The Labute approximate surface area is 163 Å². The lowest BCUT2D eigenvalue weighted by atomic mass is 9.66. The molecule has 0 amide bonds. The zero-order valence-electron chi connectivity index (χ0n) is 17.1. The molecule has 0 saturated heterocycles. The van der Waals surface area contributed by atoms with E-state index >= 15 is 0 Å². The first-order chi connectivity index (χ1) is 13.0. The number of rotatable bonds is 10. The molecule has 2 rings (SSSR count). The van der Waals surface area contributed by atoms with Crippen molar-refractivity contribution in [1.82, 2.24) is 0 Å². The van der Waals surface area contributed by atoms with Crippen LogP contribution in [0.4, 0.5) is 0 Å². The molecule has 5 heteroatoms. The third-order valence-electron chi connectivity index (χ3n) is 6.90. The normalized spacial score (nSPS) is 23.6. The second-order valence-electron chi connectivity index (χ2n) is 8.53. The molecule has 156 valence electrons. The Bertz CT molecular complexity index is 477. The Morgan fingerprint density at radius 3 is 2.22 bits per heavy atom. The van der Waals surface area contributed by atoms with Crippen molar-refractivity contribution in [2.45, 2.75) is 90.6 Å². The van der Waals surface area contributed by atoms with Gasteiger partial charge < -0.3 is 14.9 Å². The Balaban J connectivity index is 2.29. The number of carbonyl (C=O) groups excluding carboxylic acids is 2. The summed E-state index contributed by atoms with van der Waals surface area (Å²) in [5, 5.41) is 20.1. The van der Waals surface area contributed by atoms with E-state index in [9.17, 15) is 19.8 Å². The molecule has 0 aromatic carbocycles. The van der Waals surface area contributed by atoms with E-state index in [0.717, 1.165) is 38.5 Å². The van der Waals surface area contributed by atoms with Crippen molar-refractivity contribution in [3.63, 3.8) is 0 Å². The van der Waals surface area contributed by atoms with Crippen LogP contribution in [0.1, 0.15) is 84.5 Å². The molecule has 27 heavy (non-hydrogen) atoms. The van der Waals surface area contributed by atoms with Crippen molar-refractivity contribution >= 4 is 11.8 Å². The SMILES string of the molecule is CCOC(=O)C1(C(=O)C(CC(CO)C(O)CC)C2CCCCC2)CCCC1. The maximum Gasteiger partial charge on any atom is 0.319 e. The maximum atomic E-state index is 13.8. The molecule has 3 atom stereocenters. The quantitative estimate of drug-likeness (QED) is 0.445. The summed E-state index contributed by atoms with van der Waals surface area (Å²) in [4.78, 5) is 26.6. The zero-order chi connectivity index (χ0) is 19.9. The fraction of sp³-hybridized carbons (Fsp3) is 0.909. The molecule has 0 aromatic rings.